The van der Waals surface area contributed by atoms with E-state index in [1.54, 1.807) is 0 Å². The predicted octanol–water partition coefficient (Wildman–Crippen LogP) is 4.36. The Bertz CT molecular complexity index is 426. The van der Waals surface area contributed by atoms with E-state index in [1.165, 1.54) is 0 Å². The van der Waals surface area contributed by atoms with Crippen LogP contribution >= 0.6 is 0 Å². The van der Waals surface area contributed by atoms with Crippen LogP contribution in [0.2, 0.25) is 18.1 Å². The molecule has 0 heterocycles. The van der Waals surface area contributed by atoms with Gasteiger partial charge in [-0.15, -0.1) is 0 Å². The maximum atomic E-state index is 10.4. The van der Waals surface area contributed by atoms with Gasteiger partial charge in [-0.05, 0) is 30.1 Å². The van der Waals surface area contributed by atoms with Crippen LogP contribution in [0.4, 0.5) is 0 Å². The second-order valence-corrected chi connectivity index (χ2v) is 12.2. The first-order valence-electron chi connectivity index (χ1n) is 8.15. The Morgan fingerprint density at radius 3 is 2.23 bits per heavy atom. The molecule has 0 fully saturated rings. The molecule has 0 aliphatic rings. The summed E-state index contributed by atoms with van der Waals surface area (Å²) in [6, 6.07) is 10.0. The highest BCUT2D eigenvalue weighted by Crippen LogP contribution is 2.36. The van der Waals surface area contributed by atoms with Crippen LogP contribution in [-0.4, -0.2) is 32.2 Å². The molecule has 3 nitrogen and oxygen atoms in total. The molecule has 126 valence electrons. The van der Waals surface area contributed by atoms with Gasteiger partial charge < -0.3 is 14.3 Å². The molecule has 0 aliphatic carbocycles. The summed E-state index contributed by atoms with van der Waals surface area (Å²) in [6.07, 6.45) is 0.00214. The first-order valence-corrected chi connectivity index (χ1v) is 11.1. The van der Waals surface area contributed by atoms with Gasteiger partial charge in [-0.2, -0.15) is 0 Å². The Morgan fingerprint density at radius 2 is 1.73 bits per heavy atom. The van der Waals surface area contributed by atoms with E-state index < -0.39 is 14.4 Å². The summed E-state index contributed by atoms with van der Waals surface area (Å²) in [6.45, 7) is 13.9. The van der Waals surface area contributed by atoms with E-state index >= 15 is 0 Å². The standard InChI is InChI=1S/C18H32O3Si/c1-7-17(20-13-15-11-9-8-10-12-15)16(19)14-21-22(5,6)18(2,3)4/h8-12,16-17,19H,7,13-14H2,1-6H3/t16-,17-/m0/s1. The third kappa shape index (κ3) is 5.84. The molecule has 0 aliphatic heterocycles. The zero-order chi connectivity index (χ0) is 16.8. The van der Waals surface area contributed by atoms with Crippen LogP contribution in [0.5, 0.6) is 0 Å². The van der Waals surface area contributed by atoms with Crippen molar-refractivity contribution in [3.63, 3.8) is 0 Å². The monoisotopic (exact) mass is 324 g/mol. The van der Waals surface area contributed by atoms with Gasteiger partial charge in [0.25, 0.3) is 0 Å². The highest BCUT2D eigenvalue weighted by atomic mass is 28.4. The van der Waals surface area contributed by atoms with Crippen LogP contribution in [0.3, 0.4) is 0 Å². The molecule has 0 saturated heterocycles. The van der Waals surface area contributed by atoms with Gasteiger partial charge in [-0.1, -0.05) is 58.0 Å². The first kappa shape index (κ1) is 19.4. The molecular weight excluding hydrogens is 292 g/mol. The maximum absolute atomic E-state index is 10.4. The number of benzene rings is 1. The Morgan fingerprint density at radius 1 is 1.14 bits per heavy atom. The first-order chi connectivity index (χ1) is 10.2. The zero-order valence-corrected chi connectivity index (χ0v) is 15.9. The van der Waals surface area contributed by atoms with Crippen molar-refractivity contribution in [1.29, 1.82) is 0 Å². The number of aliphatic hydroxyl groups excluding tert-OH is 1. The minimum absolute atomic E-state index is 0.152. The quantitative estimate of drug-likeness (QED) is 0.722. The summed E-state index contributed by atoms with van der Waals surface area (Å²) in [5.74, 6) is 0. The van der Waals surface area contributed by atoms with E-state index in [2.05, 4.69) is 33.9 Å². The number of aliphatic hydroxyl groups is 1. The van der Waals surface area contributed by atoms with Gasteiger partial charge in [-0.3, -0.25) is 0 Å². The number of rotatable bonds is 8. The van der Waals surface area contributed by atoms with Gasteiger partial charge >= 0.3 is 0 Å². The molecule has 0 saturated carbocycles. The molecular formula is C18H32O3Si. The molecule has 0 amide bonds. The van der Waals surface area contributed by atoms with Crippen molar-refractivity contribution in [3.8, 4) is 0 Å². The minimum atomic E-state index is -1.83. The van der Waals surface area contributed by atoms with Crippen LogP contribution < -0.4 is 0 Å². The lowest BCUT2D eigenvalue weighted by Crippen LogP contribution is -2.44. The molecule has 4 heteroatoms. The third-order valence-electron chi connectivity index (χ3n) is 4.56. The second kappa shape index (κ2) is 8.25. The van der Waals surface area contributed by atoms with Crippen molar-refractivity contribution in [3.05, 3.63) is 35.9 Å². The third-order valence-corrected chi connectivity index (χ3v) is 9.06. The highest BCUT2D eigenvalue weighted by Gasteiger charge is 2.38. The summed E-state index contributed by atoms with van der Waals surface area (Å²) in [7, 11) is -1.83. The van der Waals surface area contributed by atoms with E-state index in [-0.39, 0.29) is 11.1 Å². The smallest absolute Gasteiger partial charge is 0.192 e. The molecule has 0 unspecified atom stereocenters. The molecule has 1 aromatic carbocycles. The molecule has 1 N–H and O–H groups in total. The summed E-state index contributed by atoms with van der Waals surface area (Å²) in [5, 5.41) is 10.5. The molecule has 0 aromatic heterocycles. The van der Waals surface area contributed by atoms with Gasteiger partial charge in [0.1, 0.15) is 6.10 Å². The Balaban J connectivity index is 2.49. The van der Waals surface area contributed by atoms with E-state index in [9.17, 15) is 5.11 Å². The normalized spacial score (nSPS) is 15.6. The summed E-state index contributed by atoms with van der Waals surface area (Å²) >= 11 is 0. The molecule has 1 aromatic rings. The summed E-state index contributed by atoms with van der Waals surface area (Å²) < 4.78 is 12.0. The lowest BCUT2D eigenvalue weighted by atomic mass is 10.1. The van der Waals surface area contributed by atoms with Gasteiger partial charge in [0.15, 0.2) is 8.32 Å². The van der Waals surface area contributed by atoms with Crippen molar-refractivity contribution >= 4 is 8.32 Å². The fraction of sp³-hybridized carbons (Fsp3) is 0.667. The van der Waals surface area contributed by atoms with Crippen LogP contribution in [0.25, 0.3) is 0 Å². The largest absolute Gasteiger partial charge is 0.414 e. The number of hydrogen-bond donors (Lipinski definition) is 1. The van der Waals surface area contributed by atoms with E-state index in [0.29, 0.717) is 13.2 Å². The molecule has 2 atom stereocenters. The second-order valence-electron chi connectivity index (χ2n) is 7.38. The summed E-state index contributed by atoms with van der Waals surface area (Å²) in [4.78, 5) is 0. The van der Waals surface area contributed by atoms with Crippen LogP contribution in [0.1, 0.15) is 39.7 Å². The van der Waals surface area contributed by atoms with Crippen LogP contribution in [0, 0.1) is 0 Å². The predicted molar refractivity (Wildman–Crippen MR) is 94.5 cm³/mol. The Kier molecular flexibility index (Phi) is 7.26. The summed E-state index contributed by atoms with van der Waals surface area (Å²) in [5.41, 5.74) is 1.12. The van der Waals surface area contributed by atoms with Gasteiger partial charge in [0.2, 0.25) is 0 Å². The molecule has 0 bridgehead atoms. The van der Waals surface area contributed by atoms with Crippen LogP contribution in [0.15, 0.2) is 30.3 Å². The minimum Gasteiger partial charge on any atom is -0.414 e. The van der Waals surface area contributed by atoms with Crippen molar-refractivity contribution in [2.24, 2.45) is 0 Å². The van der Waals surface area contributed by atoms with E-state index in [1.807, 2.05) is 37.3 Å². The fourth-order valence-electron chi connectivity index (χ4n) is 1.90. The van der Waals surface area contributed by atoms with Gasteiger partial charge in [0, 0.05) is 0 Å². The van der Waals surface area contributed by atoms with Crippen molar-refractivity contribution in [1.82, 2.24) is 0 Å². The number of ether oxygens (including phenoxy) is 1. The Labute approximate surface area is 136 Å². The fourth-order valence-corrected chi connectivity index (χ4v) is 2.92. The molecule has 22 heavy (non-hydrogen) atoms. The number of hydrogen-bond acceptors (Lipinski definition) is 3. The average Bonchev–Trinajstić information content (AvgIpc) is 2.45. The van der Waals surface area contributed by atoms with E-state index in [0.717, 1.165) is 12.0 Å². The SMILES string of the molecule is CC[C@H](OCc1ccccc1)[C@@H](O)CO[Si](C)(C)C(C)(C)C. The lowest BCUT2D eigenvalue weighted by molar-refractivity contribution is -0.0639. The lowest BCUT2D eigenvalue weighted by Gasteiger charge is -2.37. The highest BCUT2D eigenvalue weighted by molar-refractivity contribution is 6.74. The van der Waals surface area contributed by atoms with Crippen molar-refractivity contribution < 1.29 is 14.3 Å². The van der Waals surface area contributed by atoms with E-state index in [4.69, 9.17) is 9.16 Å². The zero-order valence-electron chi connectivity index (χ0n) is 14.9. The van der Waals surface area contributed by atoms with Gasteiger partial charge in [0.05, 0.1) is 19.3 Å². The Hall–Kier alpha value is -0.683. The molecule has 0 radical (unpaired) electrons. The van der Waals surface area contributed by atoms with Crippen molar-refractivity contribution in [2.75, 3.05) is 6.61 Å². The van der Waals surface area contributed by atoms with Crippen molar-refractivity contribution in [2.45, 2.75) is 71.1 Å². The van der Waals surface area contributed by atoms with Crippen LogP contribution in [-0.2, 0) is 15.8 Å². The molecule has 1 rings (SSSR count). The van der Waals surface area contributed by atoms with Gasteiger partial charge in [-0.25, -0.2) is 0 Å². The topological polar surface area (TPSA) is 38.7 Å². The average molecular weight is 325 g/mol. The molecule has 0 spiro atoms. The maximum Gasteiger partial charge on any atom is 0.192 e.